The number of nitrogens with zero attached hydrogens (tertiary/aromatic N) is 2. The molecule has 2 aromatic heterocycles. The predicted octanol–water partition coefficient (Wildman–Crippen LogP) is 2.62. The Kier molecular flexibility index (Phi) is 6.65. The van der Waals surface area contributed by atoms with Crippen molar-refractivity contribution in [1.29, 1.82) is 0 Å². The maximum absolute atomic E-state index is 11.9. The van der Waals surface area contributed by atoms with Gasteiger partial charge >= 0.3 is 5.97 Å². The van der Waals surface area contributed by atoms with Crippen molar-refractivity contribution in [3.63, 3.8) is 0 Å². The Balaban J connectivity index is 2.17. The minimum absolute atomic E-state index is 0.118. The normalized spacial score (nSPS) is 13.3. The smallest absolute Gasteiger partial charge is 0.306 e. The van der Waals surface area contributed by atoms with E-state index in [1.807, 2.05) is 24.3 Å². The van der Waals surface area contributed by atoms with Gasteiger partial charge in [-0.25, -0.2) is 0 Å². The monoisotopic (exact) mass is 315 g/mol. The standard InChI is InChI=1S/C17H21N3O3/c1-2-23-17(21)10-15(13-5-3-7-18-11-13)9-16(20-22)14-6-4-8-19-12-14/h3-8,11-12,15-16,20,22H,2,9-10H2,1H3/t15-,16+/m0/s1. The second-order valence-corrected chi connectivity index (χ2v) is 5.20. The summed E-state index contributed by atoms with van der Waals surface area (Å²) in [4.78, 5) is 20.1. The number of hydrogen-bond acceptors (Lipinski definition) is 6. The van der Waals surface area contributed by atoms with Crippen LogP contribution in [0.4, 0.5) is 0 Å². The van der Waals surface area contributed by atoms with Crippen molar-refractivity contribution in [2.24, 2.45) is 0 Å². The molecule has 0 spiro atoms. The number of carbonyl (C=O) groups is 1. The first-order valence-corrected chi connectivity index (χ1v) is 7.59. The van der Waals surface area contributed by atoms with E-state index in [4.69, 9.17) is 4.74 Å². The molecule has 0 fully saturated rings. The highest BCUT2D eigenvalue weighted by molar-refractivity contribution is 5.70. The van der Waals surface area contributed by atoms with Gasteiger partial charge in [-0.1, -0.05) is 12.1 Å². The average molecular weight is 315 g/mol. The summed E-state index contributed by atoms with van der Waals surface area (Å²) < 4.78 is 5.06. The van der Waals surface area contributed by atoms with Gasteiger partial charge in [0.1, 0.15) is 0 Å². The Morgan fingerprint density at radius 1 is 1.22 bits per heavy atom. The van der Waals surface area contributed by atoms with Gasteiger partial charge in [0.15, 0.2) is 0 Å². The van der Waals surface area contributed by atoms with Crippen LogP contribution in [0.5, 0.6) is 0 Å². The summed E-state index contributed by atoms with van der Waals surface area (Å²) in [5, 5.41) is 9.50. The van der Waals surface area contributed by atoms with Crippen LogP contribution in [0, 0.1) is 0 Å². The van der Waals surface area contributed by atoms with Gasteiger partial charge in [0.2, 0.25) is 0 Å². The number of esters is 1. The maximum Gasteiger partial charge on any atom is 0.306 e. The first-order valence-electron chi connectivity index (χ1n) is 7.59. The molecule has 0 saturated heterocycles. The summed E-state index contributed by atoms with van der Waals surface area (Å²) in [6, 6.07) is 7.12. The largest absolute Gasteiger partial charge is 0.466 e. The zero-order chi connectivity index (χ0) is 16.5. The van der Waals surface area contributed by atoms with E-state index in [9.17, 15) is 10.0 Å². The molecule has 0 aliphatic heterocycles. The van der Waals surface area contributed by atoms with Crippen LogP contribution in [0.15, 0.2) is 49.1 Å². The fraction of sp³-hybridized carbons (Fsp3) is 0.353. The van der Waals surface area contributed by atoms with Gasteiger partial charge < -0.3 is 9.94 Å². The van der Waals surface area contributed by atoms with E-state index in [2.05, 4.69) is 15.4 Å². The number of carbonyl (C=O) groups excluding carboxylic acids is 1. The minimum atomic E-state index is -0.330. The summed E-state index contributed by atoms with van der Waals surface area (Å²) in [6.45, 7) is 2.13. The highest BCUT2D eigenvalue weighted by atomic mass is 16.5. The quantitative estimate of drug-likeness (QED) is 0.575. The van der Waals surface area contributed by atoms with E-state index in [-0.39, 0.29) is 24.3 Å². The predicted molar refractivity (Wildman–Crippen MR) is 84.7 cm³/mol. The Bertz CT molecular complexity index is 593. The van der Waals surface area contributed by atoms with E-state index in [0.29, 0.717) is 13.0 Å². The SMILES string of the molecule is CCOC(=O)C[C@H](C[C@@H](NO)c1cccnc1)c1cccnc1. The summed E-state index contributed by atoms with van der Waals surface area (Å²) in [6.07, 6.45) is 7.55. The first kappa shape index (κ1) is 17.1. The average Bonchev–Trinajstić information content (AvgIpc) is 2.60. The molecule has 0 saturated carbocycles. The highest BCUT2D eigenvalue weighted by Gasteiger charge is 2.22. The summed E-state index contributed by atoms with van der Waals surface area (Å²) in [7, 11) is 0. The Labute approximate surface area is 135 Å². The molecule has 23 heavy (non-hydrogen) atoms. The van der Waals surface area contributed by atoms with Crippen LogP contribution >= 0.6 is 0 Å². The van der Waals surface area contributed by atoms with E-state index >= 15 is 0 Å². The van der Waals surface area contributed by atoms with Crippen LogP contribution < -0.4 is 5.48 Å². The number of nitrogens with one attached hydrogen (secondary N) is 1. The van der Waals surface area contributed by atoms with Gasteiger partial charge in [-0.05, 0) is 42.5 Å². The number of hydrogen-bond donors (Lipinski definition) is 2. The summed E-state index contributed by atoms with van der Waals surface area (Å²) in [5.74, 6) is -0.378. The lowest BCUT2D eigenvalue weighted by Gasteiger charge is -2.22. The summed E-state index contributed by atoms with van der Waals surface area (Å²) >= 11 is 0. The van der Waals surface area contributed by atoms with Crippen LogP contribution in [-0.4, -0.2) is 27.8 Å². The van der Waals surface area contributed by atoms with Crippen molar-refractivity contribution >= 4 is 5.97 Å². The molecule has 2 atom stereocenters. The van der Waals surface area contributed by atoms with E-state index in [1.54, 1.807) is 31.7 Å². The van der Waals surface area contributed by atoms with Gasteiger partial charge in [0, 0.05) is 24.8 Å². The van der Waals surface area contributed by atoms with E-state index in [1.165, 1.54) is 0 Å². The topological polar surface area (TPSA) is 84.3 Å². The van der Waals surface area contributed by atoms with Crippen molar-refractivity contribution in [2.75, 3.05) is 6.61 Å². The second-order valence-electron chi connectivity index (χ2n) is 5.20. The number of aromatic nitrogens is 2. The van der Waals surface area contributed by atoms with E-state index in [0.717, 1.165) is 11.1 Å². The third-order valence-corrected chi connectivity index (χ3v) is 3.64. The molecule has 0 aromatic carbocycles. The molecule has 2 aromatic rings. The zero-order valence-electron chi connectivity index (χ0n) is 13.1. The zero-order valence-corrected chi connectivity index (χ0v) is 13.1. The third kappa shape index (κ3) is 5.12. The van der Waals surface area contributed by atoms with Crippen LogP contribution in [0.3, 0.4) is 0 Å². The Hall–Kier alpha value is -2.31. The molecule has 2 heterocycles. The van der Waals surface area contributed by atoms with Crippen LogP contribution in [0.1, 0.15) is 42.9 Å². The molecular formula is C17H21N3O3. The van der Waals surface area contributed by atoms with Gasteiger partial charge in [0.25, 0.3) is 0 Å². The first-order chi connectivity index (χ1) is 11.2. The molecule has 6 heteroatoms. The van der Waals surface area contributed by atoms with Gasteiger partial charge in [-0.3, -0.25) is 14.8 Å². The lowest BCUT2D eigenvalue weighted by Crippen LogP contribution is -2.22. The summed E-state index contributed by atoms with van der Waals surface area (Å²) in [5.41, 5.74) is 4.10. The number of hydroxylamine groups is 1. The second kappa shape index (κ2) is 8.97. The molecule has 0 aliphatic rings. The van der Waals surface area contributed by atoms with Crippen molar-refractivity contribution in [1.82, 2.24) is 15.4 Å². The van der Waals surface area contributed by atoms with Crippen molar-refractivity contribution in [2.45, 2.75) is 31.7 Å². The fourth-order valence-electron chi connectivity index (χ4n) is 2.51. The molecule has 0 bridgehead atoms. The number of rotatable bonds is 8. The minimum Gasteiger partial charge on any atom is -0.466 e. The van der Waals surface area contributed by atoms with Crippen molar-refractivity contribution in [3.05, 3.63) is 60.2 Å². The molecule has 0 aliphatic carbocycles. The number of ether oxygens (including phenoxy) is 1. The van der Waals surface area contributed by atoms with Crippen LogP contribution in [-0.2, 0) is 9.53 Å². The Morgan fingerprint density at radius 2 is 1.87 bits per heavy atom. The number of pyridine rings is 2. The molecule has 122 valence electrons. The lowest BCUT2D eigenvalue weighted by molar-refractivity contribution is -0.143. The van der Waals surface area contributed by atoms with Crippen LogP contribution in [0.25, 0.3) is 0 Å². The lowest BCUT2D eigenvalue weighted by atomic mass is 9.88. The van der Waals surface area contributed by atoms with Crippen LogP contribution in [0.2, 0.25) is 0 Å². The molecule has 2 rings (SSSR count). The molecule has 0 amide bonds. The molecular weight excluding hydrogens is 294 g/mol. The Morgan fingerprint density at radius 3 is 2.39 bits per heavy atom. The molecule has 6 nitrogen and oxygen atoms in total. The van der Waals surface area contributed by atoms with Gasteiger partial charge in [0.05, 0.1) is 19.1 Å². The fourth-order valence-corrected chi connectivity index (χ4v) is 2.51. The van der Waals surface area contributed by atoms with Crippen molar-refractivity contribution < 1.29 is 14.7 Å². The maximum atomic E-state index is 11.9. The van der Waals surface area contributed by atoms with Gasteiger partial charge in [-0.15, -0.1) is 0 Å². The molecule has 0 radical (unpaired) electrons. The molecule has 0 unspecified atom stereocenters. The van der Waals surface area contributed by atoms with Gasteiger partial charge in [-0.2, -0.15) is 5.48 Å². The van der Waals surface area contributed by atoms with E-state index < -0.39 is 0 Å². The molecule has 2 N–H and O–H groups in total. The van der Waals surface area contributed by atoms with Crippen molar-refractivity contribution in [3.8, 4) is 0 Å². The highest BCUT2D eigenvalue weighted by Crippen LogP contribution is 2.30. The third-order valence-electron chi connectivity index (χ3n) is 3.64.